The molecule has 6 heteroatoms. The molecule has 1 aromatic rings. The summed E-state index contributed by atoms with van der Waals surface area (Å²) in [7, 11) is -3.17. The lowest BCUT2D eigenvalue weighted by Crippen LogP contribution is -2.43. The molecule has 0 aromatic heterocycles. The Kier molecular flexibility index (Phi) is 4.76. The topological polar surface area (TPSA) is 63.2 Å². The molecular weight excluding hydrogens is 274 g/mol. The SMILES string of the molecule is CC([C@@H](C)NC(=O)c1ccc(Cl)cc1)S(C)(=O)=O. The molecule has 0 aliphatic heterocycles. The first kappa shape index (κ1) is 15.0. The predicted octanol–water partition coefficient (Wildman–Crippen LogP) is 1.89. The van der Waals surface area contributed by atoms with E-state index in [1.54, 1.807) is 38.1 Å². The summed E-state index contributed by atoms with van der Waals surface area (Å²) in [5.74, 6) is -0.310. The number of hydrogen-bond donors (Lipinski definition) is 1. The molecule has 4 nitrogen and oxygen atoms in total. The van der Waals surface area contributed by atoms with Gasteiger partial charge in [-0.1, -0.05) is 11.6 Å². The second-order valence-corrected chi connectivity index (χ2v) is 7.14. The predicted molar refractivity (Wildman–Crippen MR) is 72.7 cm³/mol. The number of rotatable bonds is 4. The Morgan fingerprint density at radius 2 is 1.72 bits per heavy atom. The van der Waals surface area contributed by atoms with Gasteiger partial charge in [0.25, 0.3) is 5.91 Å². The average Bonchev–Trinajstić information content (AvgIpc) is 2.27. The molecule has 0 fully saturated rings. The highest BCUT2D eigenvalue weighted by molar-refractivity contribution is 7.91. The molecule has 1 amide bonds. The number of amides is 1. The van der Waals surface area contributed by atoms with Crippen molar-refractivity contribution in [2.24, 2.45) is 0 Å². The van der Waals surface area contributed by atoms with Gasteiger partial charge in [-0.15, -0.1) is 0 Å². The number of hydrogen-bond acceptors (Lipinski definition) is 3. The third kappa shape index (κ3) is 3.99. The van der Waals surface area contributed by atoms with Crippen molar-refractivity contribution in [3.63, 3.8) is 0 Å². The molecule has 1 aromatic carbocycles. The van der Waals surface area contributed by atoms with Gasteiger partial charge in [0, 0.05) is 22.9 Å². The molecule has 18 heavy (non-hydrogen) atoms. The molecule has 0 saturated heterocycles. The minimum absolute atomic E-state index is 0.310. The smallest absolute Gasteiger partial charge is 0.251 e. The first-order valence-electron chi connectivity index (χ1n) is 5.47. The Bertz CT molecular complexity index is 525. The standard InChI is InChI=1S/C12H16ClNO3S/c1-8(9(2)18(3,16)17)14-12(15)10-4-6-11(13)7-5-10/h4-9H,1-3H3,(H,14,15)/t8-,9?/m1/s1. The lowest BCUT2D eigenvalue weighted by molar-refractivity contribution is 0.0940. The fourth-order valence-corrected chi connectivity index (χ4v) is 2.32. The lowest BCUT2D eigenvalue weighted by atomic mass is 10.2. The molecule has 0 radical (unpaired) electrons. The summed E-state index contributed by atoms with van der Waals surface area (Å²) in [4.78, 5) is 11.8. The summed E-state index contributed by atoms with van der Waals surface area (Å²) in [6.45, 7) is 3.24. The van der Waals surface area contributed by atoms with Crippen LogP contribution >= 0.6 is 11.6 Å². The molecule has 0 aliphatic rings. The van der Waals surface area contributed by atoms with Crippen molar-refractivity contribution in [2.75, 3.05) is 6.26 Å². The molecule has 0 saturated carbocycles. The fourth-order valence-electron chi connectivity index (χ4n) is 1.38. The van der Waals surface area contributed by atoms with E-state index in [1.165, 1.54) is 0 Å². The molecule has 0 aliphatic carbocycles. The van der Waals surface area contributed by atoms with Crippen molar-refractivity contribution in [3.8, 4) is 0 Å². The molecule has 0 spiro atoms. The van der Waals surface area contributed by atoms with Gasteiger partial charge in [0.15, 0.2) is 9.84 Å². The van der Waals surface area contributed by atoms with Crippen LogP contribution in [0.5, 0.6) is 0 Å². The van der Waals surface area contributed by atoms with Gasteiger partial charge in [-0.3, -0.25) is 4.79 Å². The van der Waals surface area contributed by atoms with Crippen LogP contribution in [0.4, 0.5) is 0 Å². The van der Waals surface area contributed by atoms with E-state index in [0.717, 1.165) is 6.26 Å². The van der Waals surface area contributed by atoms with Crippen molar-refractivity contribution in [1.82, 2.24) is 5.32 Å². The van der Waals surface area contributed by atoms with Crippen LogP contribution in [0.1, 0.15) is 24.2 Å². The Labute approximate surface area is 112 Å². The van der Waals surface area contributed by atoms with Crippen LogP contribution in [-0.2, 0) is 9.84 Å². The number of sulfone groups is 1. The zero-order valence-corrected chi connectivity index (χ0v) is 12.0. The highest BCUT2D eigenvalue weighted by Crippen LogP contribution is 2.10. The highest BCUT2D eigenvalue weighted by atomic mass is 35.5. The highest BCUT2D eigenvalue weighted by Gasteiger charge is 2.23. The van der Waals surface area contributed by atoms with E-state index in [1.807, 2.05) is 0 Å². The van der Waals surface area contributed by atoms with Crippen molar-refractivity contribution in [1.29, 1.82) is 0 Å². The Morgan fingerprint density at radius 1 is 1.22 bits per heavy atom. The normalized spacial score (nSPS) is 14.9. The summed E-state index contributed by atoms with van der Waals surface area (Å²) in [6.07, 6.45) is 1.16. The summed E-state index contributed by atoms with van der Waals surface area (Å²) < 4.78 is 22.7. The molecule has 1 unspecified atom stereocenters. The third-order valence-corrected chi connectivity index (χ3v) is 4.86. The van der Waals surface area contributed by atoms with Gasteiger partial charge >= 0.3 is 0 Å². The number of carbonyl (C=O) groups excluding carboxylic acids is 1. The van der Waals surface area contributed by atoms with E-state index >= 15 is 0 Å². The van der Waals surface area contributed by atoms with Gasteiger partial charge < -0.3 is 5.32 Å². The van der Waals surface area contributed by atoms with Crippen LogP contribution < -0.4 is 5.32 Å². The van der Waals surface area contributed by atoms with Crippen LogP contribution in [0.25, 0.3) is 0 Å². The van der Waals surface area contributed by atoms with E-state index in [4.69, 9.17) is 11.6 Å². The number of carbonyl (C=O) groups is 1. The largest absolute Gasteiger partial charge is 0.348 e. The number of halogens is 1. The summed E-state index contributed by atoms with van der Waals surface area (Å²) >= 11 is 5.72. The molecule has 0 bridgehead atoms. The quantitative estimate of drug-likeness (QED) is 0.921. The van der Waals surface area contributed by atoms with Crippen molar-refractivity contribution in [3.05, 3.63) is 34.9 Å². The Hall–Kier alpha value is -1.07. The van der Waals surface area contributed by atoms with Gasteiger partial charge in [0.2, 0.25) is 0 Å². The molecule has 100 valence electrons. The molecular formula is C12H16ClNO3S. The van der Waals surface area contributed by atoms with E-state index in [-0.39, 0.29) is 5.91 Å². The first-order chi connectivity index (χ1) is 8.21. The van der Waals surface area contributed by atoms with Crippen LogP contribution in [-0.4, -0.2) is 31.9 Å². The Morgan fingerprint density at radius 3 is 2.17 bits per heavy atom. The second kappa shape index (κ2) is 5.71. The van der Waals surface area contributed by atoms with Crippen molar-refractivity contribution < 1.29 is 13.2 Å². The minimum Gasteiger partial charge on any atom is -0.348 e. The van der Waals surface area contributed by atoms with Crippen molar-refractivity contribution >= 4 is 27.3 Å². The van der Waals surface area contributed by atoms with E-state index in [9.17, 15) is 13.2 Å². The number of nitrogens with one attached hydrogen (secondary N) is 1. The maximum Gasteiger partial charge on any atom is 0.251 e. The summed E-state index contributed by atoms with van der Waals surface area (Å²) in [5.41, 5.74) is 0.451. The first-order valence-corrected chi connectivity index (χ1v) is 7.80. The third-order valence-electron chi connectivity index (χ3n) is 2.84. The van der Waals surface area contributed by atoms with Crippen LogP contribution in [0.2, 0.25) is 5.02 Å². The summed E-state index contributed by atoms with van der Waals surface area (Å²) in [5, 5.41) is 2.58. The monoisotopic (exact) mass is 289 g/mol. The zero-order chi connectivity index (χ0) is 13.9. The molecule has 1 N–H and O–H groups in total. The second-order valence-electron chi connectivity index (χ2n) is 4.30. The van der Waals surface area contributed by atoms with Gasteiger partial charge in [-0.2, -0.15) is 0 Å². The fraction of sp³-hybridized carbons (Fsp3) is 0.417. The van der Waals surface area contributed by atoms with Crippen LogP contribution in [0.3, 0.4) is 0 Å². The van der Waals surface area contributed by atoms with Crippen LogP contribution in [0, 0.1) is 0 Å². The molecule has 1 rings (SSSR count). The average molecular weight is 290 g/mol. The maximum absolute atomic E-state index is 11.8. The maximum atomic E-state index is 11.8. The van der Waals surface area contributed by atoms with Gasteiger partial charge in [0.05, 0.1) is 5.25 Å². The van der Waals surface area contributed by atoms with Crippen LogP contribution in [0.15, 0.2) is 24.3 Å². The molecule has 2 atom stereocenters. The number of benzene rings is 1. The van der Waals surface area contributed by atoms with Gasteiger partial charge in [-0.05, 0) is 38.1 Å². The van der Waals surface area contributed by atoms with E-state index in [0.29, 0.717) is 10.6 Å². The van der Waals surface area contributed by atoms with E-state index < -0.39 is 21.1 Å². The van der Waals surface area contributed by atoms with Gasteiger partial charge in [-0.25, -0.2) is 8.42 Å². The summed E-state index contributed by atoms with van der Waals surface area (Å²) in [6, 6.07) is 5.95. The zero-order valence-electron chi connectivity index (χ0n) is 10.5. The van der Waals surface area contributed by atoms with Gasteiger partial charge in [0.1, 0.15) is 0 Å². The Balaban J connectivity index is 2.74. The van der Waals surface area contributed by atoms with Crippen molar-refractivity contribution in [2.45, 2.75) is 25.1 Å². The minimum atomic E-state index is -3.17. The lowest BCUT2D eigenvalue weighted by Gasteiger charge is -2.19. The van der Waals surface area contributed by atoms with E-state index in [2.05, 4.69) is 5.32 Å². The molecule has 0 heterocycles.